The molecule has 0 unspecified atom stereocenters. The van der Waals surface area contributed by atoms with Crippen LogP contribution in [-0.2, 0) is 14.6 Å². The van der Waals surface area contributed by atoms with Gasteiger partial charge in [0, 0.05) is 12.1 Å². The Kier molecular flexibility index (Phi) is 3.79. The van der Waals surface area contributed by atoms with Gasteiger partial charge in [0.1, 0.15) is 0 Å². The van der Waals surface area contributed by atoms with Crippen LogP contribution < -0.4 is 0 Å². The SMILES string of the molecule is CCOC(=O)S(=O)(=O)c1ccc([N+](=O)[O-])cc1. The molecular weight excluding hydrogens is 250 g/mol. The molecule has 7 nitrogen and oxygen atoms in total. The van der Waals surface area contributed by atoms with Crippen molar-refractivity contribution < 1.29 is 22.9 Å². The normalized spacial score (nSPS) is 10.9. The molecule has 0 aliphatic rings. The molecule has 92 valence electrons. The van der Waals surface area contributed by atoms with Crippen LogP contribution in [0.4, 0.5) is 10.5 Å². The summed E-state index contributed by atoms with van der Waals surface area (Å²) in [6.07, 6.45) is 0. The molecule has 0 fully saturated rings. The predicted octanol–water partition coefficient (Wildman–Crippen LogP) is 1.52. The van der Waals surface area contributed by atoms with E-state index in [1.54, 1.807) is 0 Å². The van der Waals surface area contributed by atoms with Gasteiger partial charge in [-0.3, -0.25) is 10.1 Å². The fourth-order valence-electron chi connectivity index (χ4n) is 1.04. The lowest BCUT2D eigenvalue weighted by atomic mass is 10.3. The van der Waals surface area contributed by atoms with Crippen LogP contribution in [-0.4, -0.2) is 25.2 Å². The van der Waals surface area contributed by atoms with Crippen LogP contribution in [0, 0.1) is 10.1 Å². The fourth-order valence-corrected chi connectivity index (χ4v) is 2.00. The maximum Gasteiger partial charge on any atom is 0.429 e. The summed E-state index contributed by atoms with van der Waals surface area (Å²) in [5.41, 5.74) is -0.257. The quantitative estimate of drug-likeness (QED) is 0.463. The standard InChI is InChI=1S/C9H9NO6S/c1-2-16-9(11)17(14,15)8-5-3-7(4-6-8)10(12)13/h3-6H,2H2,1H3. The van der Waals surface area contributed by atoms with Crippen molar-refractivity contribution in [3.05, 3.63) is 34.4 Å². The van der Waals surface area contributed by atoms with Gasteiger partial charge in [-0.2, -0.15) is 0 Å². The molecular formula is C9H9NO6S. The predicted molar refractivity (Wildman–Crippen MR) is 57.3 cm³/mol. The van der Waals surface area contributed by atoms with Crippen LogP contribution in [0.15, 0.2) is 29.2 Å². The van der Waals surface area contributed by atoms with Gasteiger partial charge in [-0.25, -0.2) is 13.2 Å². The Labute approximate surface area is 97.1 Å². The molecule has 0 aliphatic heterocycles. The molecule has 0 atom stereocenters. The fraction of sp³-hybridized carbons (Fsp3) is 0.222. The zero-order valence-corrected chi connectivity index (χ0v) is 9.64. The highest BCUT2D eigenvalue weighted by molar-refractivity contribution is 8.05. The van der Waals surface area contributed by atoms with Crippen LogP contribution in [0.5, 0.6) is 0 Å². The number of benzene rings is 1. The smallest absolute Gasteiger partial charge is 0.429 e. The molecule has 0 saturated heterocycles. The minimum atomic E-state index is -4.23. The Morgan fingerprint density at radius 2 is 1.88 bits per heavy atom. The van der Waals surface area contributed by atoms with E-state index in [0.717, 1.165) is 24.3 Å². The largest absolute Gasteiger partial charge is 0.454 e. The van der Waals surface area contributed by atoms with E-state index in [0.29, 0.717) is 0 Å². The van der Waals surface area contributed by atoms with Crippen LogP contribution in [0.1, 0.15) is 6.92 Å². The third-order valence-electron chi connectivity index (χ3n) is 1.84. The maximum absolute atomic E-state index is 11.6. The summed E-state index contributed by atoms with van der Waals surface area (Å²) in [7, 11) is -4.23. The monoisotopic (exact) mass is 259 g/mol. The van der Waals surface area contributed by atoms with Crippen LogP contribution in [0.2, 0.25) is 0 Å². The lowest BCUT2D eigenvalue weighted by Gasteiger charge is -2.02. The second kappa shape index (κ2) is 4.91. The summed E-state index contributed by atoms with van der Waals surface area (Å²) < 4.78 is 27.5. The van der Waals surface area contributed by atoms with Gasteiger partial charge in [-0.05, 0) is 19.1 Å². The number of carbonyl (C=O) groups excluding carboxylic acids is 1. The number of non-ortho nitro benzene ring substituents is 1. The van der Waals surface area contributed by atoms with Crippen molar-refractivity contribution in [2.75, 3.05) is 6.61 Å². The van der Waals surface area contributed by atoms with Gasteiger partial charge in [-0.1, -0.05) is 0 Å². The Balaban J connectivity index is 3.09. The number of nitro groups is 1. The molecule has 17 heavy (non-hydrogen) atoms. The number of hydrogen-bond acceptors (Lipinski definition) is 6. The zero-order valence-electron chi connectivity index (χ0n) is 8.82. The Hall–Kier alpha value is -1.96. The number of rotatable bonds is 3. The number of sulfone groups is 1. The third-order valence-corrected chi connectivity index (χ3v) is 3.29. The molecule has 0 bridgehead atoms. The number of carbonyl (C=O) groups is 1. The average Bonchev–Trinajstić information content (AvgIpc) is 2.29. The van der Waals surface area contributed by atoms with E-state index in [4.69, 9.17) is 0 Å². The van der Waals surface area contributed by atoms with E-state index >= 15 is 0 Å². The van der Waals surface area contributed by atoms with E-state index in [1.165, 1.54) is 6.92 Å². The van der Waals surface area contributed by atoms with Gasteiger partial charge in [0.05, 0.1) is 16.4 Å². The Bertz CT molecular complexity index is 533. The van der Waals surface area contributed by atoms with E-state index in [9.17, 15) is 23.3 Å². The topological polar surface area (TPSA) is 104 Å². The molecule has 1 aromatic rings. The van der Waals surface area contributed by atoms with Crippen molar-refractivity contribution in [2.24, 2.45) is 0 Å². The average molecular weight is 259 g/mol. The van der Waals surface area contributed by atoms with Crippen molar-refractivity contribution in [3.8, 4) is 0 Å². The first-order valence-corrected chi connectivity index (χ1v) is 6.04. The zero-order chi connectivity index (χ0) is 13.1. The molecule has 0 heterocycles. The van der Waals surface area contributed by atoms with Gasteiger partial charge in [0.25, 0.3) is 15.5 Å². The molecule has 0 spiro atoms. The summed E-state index contributed by atoms with van der Waals surface area (Å²) in [5, 5.41) is 9.00. The van der Waals surface area contributed by atoms with Gasteiger partial charge in [0.15, 0.2) is 0 Å². The highest BCUT2D eigenvalue weighted by Crippen LogP contribution is 2.18. The summed E-state index contributed by atoms with van der Waals surface area (Å²) in [4.78, 5) is 20.5. The van der Waals surface area contributed by atoms with Crippen LogP contribution in [0.3, 0.4) is 0 Å². The van der Waals surface area contributed by atoms with Crippen LogP contribution in [0.25, 0.3) is 0 Å². The van der Waals surface area contributed by atoms with Crippen molar-refractivity contribution in [2.45, 2.75) is 11.8 Å². The molecule has 0 aliphatic carbocycles. The van der Waals surface area contributed by atoms with Gasteiger partial charge in [-0.15, -0.1) is 0 Å². The minimum Gasteiger partial charge on any atom is -0.454 e. The maximum atomic E-state index is 11.6. The molecule has 8 heteroatoms. The first-order valence-electron chi connectivity index (χ1n) is 4.56. The van der Waals surface area contributed by atoms with Crippen LogP contribution >= 0.6 is 0 Å². The summed E-state index contributed by atoms with van der Waals surface area (Å²) >= 11 is 0. The summed E-state index contributed by atoms with van der Waals surface area (Å²) in [5.74, 6) is 0. The number of ether oxygens (including phenoxy) is 1. The Morgan fingerprint density at radius 3 is 2.29 bits per heavy atom. The number of nitrogens with zero attached hydrogens (tertiary/aromatic N) is 1. The van der Waals surface area contributed by atoms with E-state index < -0.39 is 20.1 Å². The minimum absolute atomic E-state index is 0.0644. The van der Waals surface area contributed by atoms with E-state index in [-0.39, 0.29) is 17.2 Å². The second-order valence-corrected chi connectivity index (χ2v) is 4.75. The molecule has 0 saturated carbocycles. The lowest BCUT2D eigenvalue weighted by molar-refractivity contribution is -0.384. The van der Waals surface area contributed by atoms with Gasteiger partial charge in [0.2, 0.25) is 0 Å². The highest BCUT2D eigenvalue weighted by Gasteiger charge is 2.26. The molecule has 0 aromatic heterocycles. The number of nitro benzene ring substituents is 1. The lowest BCUT2D eigenvalue weighted by Crippen LogP contribution is -2.16. The molecule has 1 rings (SSSR count). The third kappa shape index (κ3) is 2.78. The molecule has 1 aromatic carbocycles. The van der Waals surface area contributed by atoms with Gasteiger partial charge >= 0.3 is 5.30 Å². The van der Waals surface area contributed by atoms with E-state index in [1.807, 2.05) is 0 Å². The molecule has 0 N–H and O–H groups in total. The molecule has 0 amide bonds. The summed E-state index contributed by atoms with van der Waals surface area (Å²) in [6, 6.07) is 3.99. The van der Waals surface area contributed by atoms with E-state index in [2.05, 4.69) is 4.74 Å². The summed E-state index contributed by atoms with van der Waals surface area (Å²) in [6.45, 7) is 1.41. The Morgan fingerprint density at radius 1 is 1.35 bits per heavy atom. The first-order chi connectivity index (χ1) is 7.89. The van der Waals surface area contributed by atoms with Crippen molar-refractivity contribution >= 4 is 20.8 Å². The number of hydrogen-bond donors (Lipinski definition) is 0. The first kappa shape index (κ1) is 13.1. The van der Waals surface area contributed by atoms with Crippen molar-refractivity contribution in [3.63, 3.8) is 0 Å². The van der Waals surface area contributed by atoms with Crippen molar-refractivity contribution in [1.29, 1.82) is 0 Å². The van der Waals surface area contributed by atoms with Gasteiger partial charge < -0.3 is 4.74 Å². The second-order valence-electron chi connectivity index (χ2n) is 2.94. The van der Waals surface area contributed by atoms with Crippen molar-refractivity contribution in [1.82, 2.24) is 0 Å². The molecule has 0 radical (unpaired) electrons. The highest BCUT2D eigenvalue weighted by atomic mass is 32.2.